The molecule has 240 valence electrons. The molecule has 4 rings (SSSR count). The standard InChI is InChI=1S/C34H35FN4O6S/c1-25(2)22-36-34(41)32(21-26-11-5-3-6-12-26)37(23-27-13-9-10-16-31(27)35)33(40)24-38(28-17-19-29(20-18-28)39(42)43)46(44,45)30-14-7-4-8-15-30/h3-20,25,32H,21-24H2,1-2H3,(H,36,41). The van der Waals surface area contributed by atoms with Gasteiger partial charge >= 0.3 is 0 Å². The smallest absolute Gasteiger partial charge is 0.269 e. The fraction of sp³-hybridized carbons (Fsp3) is 0.235. The van der Waals surface area contributed by atoms with E-state index < -0.39 is 45.2 Å². The Labute approximate surface area is 267 Å². The van der Waals surface area contributed by atoms with Crippen LogP contribution >= 0.6 is 0 Å². The van der Waals surface area contributed by atoms with Crippen molar-refractivity contribution in [3.05, 3.63) is 136 Å². The van der Waals surface area contributed by atoms with Crippen molar-refractivity contribution in [2.75, 3.05) is 17.4 Å². The van der Waals surface area contributed by atoms with Crippen LogP contribution in [0.5, 0.6) is 0 Å². The molecule has 10 nitrogen and oxygen atoms in total. The van der Waals surface area contributed by atoms with Crippen molar-refractivity contribution in [3.63, 3.8) is 0 Å². The van der Waals surface area contributed by atoms with Crippen LogP contribution in [-0.4, -0.2) is 49.2 Å². The molecule has 0 bridgehead atoms. The molecule has 0 fully saturated rings. The zero-order valence-electron chi connectivity index (χ0n) is 25.5. The Hall–Kier alpha value is -5.10. The highest BCUT2D eigenvalue weighted by Gasteiger charge is 2.35. The Bertz CT molecular complexity index is 1750. The molecule has 1 N–H and O–H groups in total. The number of carbonyl (C=O) groups is 2. The molecule has 4 aromatic rings. The van der Waals surface area contributed by atoms with E-state index in [-0.39, 0.29) is 40.7 Å². The van der Waals surface area contributed by atoms with Gasteiger partial charge in [0.05, 0.1) is 15.5 Å². The van der Waals surface area contributed by atoms with Gasteiger partial charge in [0.1, 0.15) is 18.4 Å². The zero-order valence-corrected chi connectivity index (χ0v) is 26.3. The highest BCUT2D eigenvalue weighted by molar-refractivity contribution is 7.92. The monoisotopic (exact) mass is 646 g/mol. The van der Waals surface area contributed by atoms with E-state index in [1.165, 1.54) is 59.5 Å². The number of nitrogens with one attached hydrogen (secondary N) is 1. The molecule has 0 aromatic heterocycles. The highest BCUT2D eigenvalue weighted by Crippen LogP contribution is 2.27. The third kappa shape index (κ3) is 8.54. The Morgan fingerprint density at radius 3 is 2.04 bits per heavy atom. The van der Waals surface area contributed by atoms with Crippen LogP contribution in [0.4, 0.5) is 15.8 Å². The molecular weight excluding hydrogens is 611 g/mol. The number of amides is 2. The number of nitro groups is 1. The average Bonchev–Trinajstić information content (AvgIpc) is 3.05. The maximum atomic E-state index is 15.0. The molecule has 0 aliphatic carbocycles. The van der Waals surface area contributed by atoms with Crippen LogP contribution < -0.4 is 9.62 Å². The summed E-state index contributed by atoms with van der Waals surface area (Å²) in [4.78, 5) is 39.9. The van der Waals surface area contributed by atoms with E-state index in [2.05, 4.69) is 5.32 Å². The summed E-state index contributed by atoms with van der Waals surface area (Å²) in [7, 11) is -4.38. The fourth-order valence-electron chi connectivity index (χ4n) is 4.78. The Balaban J connectivity index is 1.81. The number of hydrogen-bond acceptors (Lipinski definition) is 6. The van der Waals surface area contributed by atoms with Crippen molar-refractivity contribution in [1.82, 2.24) is 10.2 Å². The minimum atomic E-state index is -4.38. The van der Waals surface area contributed by atoms with Crippen molar-refractivity contribution in [1.29, 1.82) is 0 Å². The minimum Gasteiger partial charge on any atom is -0.354 e. The average molecular weight is 647 g/mol. The summed E-state index contributed by atoms with van der Waals surface area (Å²) >= 11 is 0. The Morgan fingerprint density at radius 1 is 0.870 bits per heavy atom. The van der Waals surface area contributed by atoms with Gasteiger partial charge in [-0.3, -0.25) is 24.0 Å². The number of hydrogen-bond donors (Lipinski definition) is 1. The van der Waals surface area contributed by atoms with Crippen LogP contribution in [-0.2, 0) is 32.6 Å². The van der Waals surface area contributed by atoms with Gasteiger partial charge in [-0.2, -0.15) is 0 Å². The first-order valence-electron chi connectivity index (χ1n) is 14.6. The summed E-state index contributed by atoms with van der Waals surface area (Å²) in [5.74, 6) is -1.74. The van der Waals surface area contributed by atoms with E-state index in [1.807, 2.05) is 19.9 Å². The molecule has 12 heteroatoms. The molecule has 4 aromatic carbocycles. The number of rotatable bonds is 14. The van der Waals surface area contributed by atoms with E-state index in [9.17, 15) is 32.5 Å². The Morgan fingerprint density at radius 2 is 1.46 bits per heavy atom. The molecule has 0 saturated carbocycles. The van der Waals surface area contributed by atoms with Crippen LogP contribution in [0.15, 0.2) is 114 Å². The van der Waals surface area contributed by atoms with Crippen molar-refractivity contribution >= 4 is 33.2 Å². The molecule has 0 radical (unpaired) electrons. The molecule has 0 spiro atoms. The quantitative estimate of drug-likeness (QED) is 0.145. The number of carbonyl (C=O) groups excluding carboxylic acids is 2. The van der Waals surface area contributed by atoms with Crippen molar-refractivity contribution in [3.8, 4) is 0 Å². The van der Waals surface area contributed by atoms with Crippen molar-refractivity contribution in [2.45, 2.75) is 37.8 Å². The molecule has 1 atom stereocenters. The van der Waals surface area contributed by atoms with Crippen LogP contribution in [0.3, 0.4) is 0 Å². The van der Waals surface area contributed by atoms with Gasteiger partial charge in [0.2, 0.25) is 11.8 Å². The summed E-state index contributed by atoms with van der Waals surface area (Å²) in [5.41, 5.74) is 0.608. The van der Waals surface area contributed by atoms with Crippen LogP contribution in [0.2, 0.25) is 0 Å². The van der Waals surface area contributed by atoms with Crippen molar-refractivity contribution < 1.29 is 27.3 Å². The lowest BCUT2D eigenvalue weighted by molar-refractivity contribution is -0.384. The van der Waals surface area contributed by atoms with Gasteiger partial charge in [0.15, 0.2) is 0 Å². The van der Waals surface area contributed by atoms with Crippen LogP contribution in [0, 0.1) is 21.8 Å². The topological polar surface area (TPSA) is 130 Å². The maximum Gasteiger partial charge on any atom is 0.269 e. The Kier molecular flexibility index (Phi) is 11.2. The van der Waals surface area contributed by atoms with Gasteiger partial charge in [-0.05, 0) is 41.8 Å². The predicted octanol–water partition coefficient (Wildman–Crippen LogP) is 5.34. The second-order valence-electron chi connectivity index (χ2n) is 11.1. The second kappa shape index (κ2) is 15.3. The van der Waals surface area contributed by atoms with Gasteiger partial charge in [-0.25, -0.2) is 12.8 Å². The van der Waals surface area contributed by atoms with Crippen LogP contribution in [0.25, 0.3) is 0 Å². The van der Waals surface area contributed by atoms with E-state index >= 15 is 0 Å². The lowest BCUT2D eigenvalue weighted by Crippen LogP contribution is -2.53. The summed E-state index contributed by atoms with van der Waals surface area (Å²) in [5, 5.41) is 14.2. The molecule has 0 heterocycles. The fourth-order valence-corrected chi connectivity index (χ4v) is 6.21. The molecule has 0 aliphatic heterocycles. The predicted molar refractivity (Wildman–Crippen MR) is 173 cm³/mol. The number of sulfonamides is 1. The van der Waals surface area contributed by atoms with Gasteiger partial charge in [-0.15, -0.1) is 0 Å². The molecular formula is C34H35FN4O6S. The number of halogens is 1. The van der Waals surface area contributed by atoms with E-state index in [1.54, 1.807) is 36.4 Å². The summed E-state index contributed by atoms with van der Waals surface area (Å²) in [6.45, 7) is 3.07. The molecule has 46 heavy (non-hydrogen) atoms. The lowest BCUT2D eigenvalue weighted by Gasteiger charge is -2.34. The lowest BCUT2D eigenvalue weighted by atomic mass is 10.0. The number of benzene rings is 4. The number of anilines is 1. The molecule has 0 aliphatic rings. The maximum absolute atomic E-state index is 15.0. The molecule has 2 amide bonds. The normalized spacial score (nSPS) is 11.9. The second-order valence-corrected chi connectivity index (χ2v) is 12.9. The highest BCUT2D eigenvalue weighted by atomic mass is 32.2. The summed E-state index contributed by atoms with van der Waals surface area (Å²) in [6, 6.07) is 25.9. The van der Waals surface area contributed by atoms with E-state index in [4.69, 9.17) is 0 Å². The first-order valence-corrected chi connectivity index (χ1v) is 16.1. The summed E-state index contributed by atoms with van der Waals surface area (Å²) in [6.07, 6.45) is 0.0773. The zero-order chi connectivity index (χ0) is 33.3. The third-order valence-electron chi connectivity index (χ3n) is 7.21. The van der Waals surface area contributed by atoms with Gasteiger partial charge in [-0.1, -0.05) is 80.6 Å². The van der Waals surface area contributed by atoms with Gasteiger partial charge in [0, 0.05) is 37.2 Å². The molecule has 0 saturated heterocycles. The number of non-ortho nitro benzene ring substituents is 1. The van der Waals surface area contributed by atoms with Crippen molar-refractivity contribution in [2.24, 2.45) is 5.92 Å². The molecule has 1 unspecified atom stereocenters. The van der Waals surface area contributed by atoms with E-state index in [0.717, 1.165) is 22.0 Å². The third-order valence-corrected chi connectivity index (χ3v) is 9.00. The van der Waals surface area contributed by atoms with Gasteiger partial charge < -0.3 is 10.2 Å². The van der Waals surface area contributed by atoms with Gasteiger partial charge in [0.25, 0.3) is 15.7 Å². The largest absolute Gasteiger partial charge is 0.354 e. The van der Waals surface area contributed by atoms with Crippen LogP contribution in [0.1, 0.15) is 25.0 Å². The number of nitro benzene ring substituents is 1. The SMILES string of the molecule is CC(C)CNC(=O)C(Cc1ccccc1)N(Cc1ccccc1F)C(=O)CN(c1ccc([N+](=O)[O-])cc1)S(=O)(=O)c1ccccc1. The first kappa shape index (κ1) is 33.8. The number of nitrogens with zero attached hydrogens (tertiary/aromatic N) is 3. The minimum absolute atomic E-state index is 0.00230. The summed E-state index contributed by atoms with van der Waals surface area (Å²) < 4.78 is 43.8. The first-order chi connectivity index (χ1) is 22.0. The van der Waals surface area contributed by atoms with E-state index in [0.29, 0.717) is 6.54 Å².